The van der Waals surface area contributed by atoms with Crippen LogP contribution in [0.25, 0.3) is 0 Å². The summed E-state index contributed by atoms with van der Waals surface area (Å²) < 4.78 is 2.29. The van der Waals surface area contributed by atoms with E-state index >= 15 is 0 Å². The number of fused-ring (bicyclic) bond motifs is 1. The highest BCUT2D eigenvalue weighted by Gasteiger charge is 2.29. The Hall–Kier alpha value is -1.62. The first-order chi connectivity index (χ1) is 8.68. The average Bonchev–Trinajstić information content (AvgIpc) is 2.99. The summed E-state index contributed by atoms with van der Waals surface area (Å²) in [4.78, 5) is 18.4. The Morgan fingerprint density at radius 3 is 3.00 bits per heavy atom. The number of hydrogen-bond donors (Lipinski definition) is 0. The lowest BCUT2D eigenvalue weighted by Gasteiger charge is -2.35. The summed E-state index contributed by atoms with van der Waals surface area (Å²) in [5, 5.41) is 1.81. The Balaban J connectivity index is 1.91. The maximum atomic E-state index is 12.3. The second-order valence-corrected chi connectivity index (χ2v) is 5.32. The number of carbonyl (C=O) groups is 1. The molecule has 1 aliphatic rings. The first-order valence-electron chi connectivity index (χ1n) is 6.03. The van der Waals surface area contributed by atoms with Crippen molar-refractivity contribution in [3.05, 3.63) is 40.1 Å². The van der Waals surface area contributed by atoms with Gasteiger partial charge in [0.2, 0.25) is 0 Å². The Morgan fingerprint density at radius 2 is 2.28 bits per heavy atom. The Bertz CT molecular complexity index is 573. The molecule has 0 bridgehead atoms. The van der Waals surface area contributed by atoms with Gasteiger partial charge in [-0.05, 0) is 26.0 Å². The molecule has 1 amide bonds. The van der Waals surface area contributed by atoms with Crippen LogP contribution in [-0.4, -0.2) is 26.9 Å². The Kier molecular flexibility index (Phi) is 2.70. The highest BCUT2D eigenvalue weighted by molar-refractivity contribution is 7.07. The first kappa shape index (κ1) is 11.5. The highest BCUT2D eigenvalue weighted by atomic mass is 32.1. The molecule has 0 aliphatic carbocycles. The summed E-state index contributed by atoms with van der Waals surface area (Å²) in [6, 6.07) is 4.34. The molecule has 2 aromatic rings. The van der Waals surface area contributed by atoms with Crippen LogP contribution in [-0.2, 0) is 6.54 Å². The third-order valence-electron chi connectivity index (χ3n) is 3.61. The number of aromatic nitrogens is 2. The van der Waals surface area contributed by atoms with E-state index in [1.165, 1.54) is 22.7 Å². The summed E-state index contributed by atoms with van der Waals surface area (Å²) in [6.07, 6.45) is 0. The van der Waals surface area contributed by atoms with Crippen molar-refractivity contribution in [3.8, 4) is 0 Å². The molecule has 3 rings (SSSR count). The van der Waals surface area contributed by atoms with Crippen molar-refractivity contribution in [2.45, 2.75) is 26.4 Å². The Morgan fingerprint density at radius 1 is 1.44 bits per heavy atom. The van der Waals surface area contributed by atoms with Gasteiger partial charge in [-0.3, -0.25) is 4.79 Å². The molecule has 2 aromatic heterocycles. The van der Waals surface area contributed by atoms with E-state index in [1.54, 1.807) is 5.51 Å². The Labute approximate surface area is 110 Å². The van der Waals surface area contributed by atoms with Gasteiger partial charge in [0.15, 0.2) is 0 Å². The zero-order chi connectivity index (χ0) is 12.7. The van der Waals surface area contributed by atoms with Crippen LogP contribution in [0.3, 0.4) is 0 Å². The quantitative estimate of drug-likeness (QED) is 0.791. The molecule has 94 valence electrons. The van der Waals surface area contributed by atoms with E-state index < -0.39 is 0 Å². The number of carbonyl (C=O) groups excluding carboxylic acids is 1. The van der Waals surface area contributed by atoms with Crippen molar-refractivity contribution in [2.75, 3.05) is 6.54 Å². The SMILES string of the molecule is Cc1ccc2n1CCN(C(=O)c1cscn1)C2C. The number of hydrogen-bond acceptors (Lipinski definition) is 3. The van der Waals surface area contributed by atoms with E-state index in [-0.39, 0.29) is 11.9 Å². The van der Waals surface area contributed by atoms with E-state index in [9.17, 15) is 4.79 Å². The zero-order valence-corrected chi connectivity index (χ0v) is 11.3. The fourth-order valence-electron chi connectivity index (χ4n) is 2.56. The normalized spacial score (nSPS) is 18.8. The van der Waals surface area contributed by atoms with Crippen LogP contribution in [0.1, 0.15) is 34.8 Å². The molecule has 0 saturated carbocycles. The highest BCUT2D eigenvalue weighted by Crippen LogP contribution is 2.28. The topological polar surface area (TPSA) is 38.1 Å². The maximum absolute atomic E-state index is 12.3. The van der Waals surface area contributed by atoms with Crippen molar-refractivity contribution in [1.82, 2.24) is 14.5 Å². The molecule has 1 unspecified atom stereocenters. The van der Waals surface area contributed by atoms with E-state index in [2.05, 4.69) is 35.5 Å². The molecule has 0 N–H and O–H groups in total. The molecular formula is C13H15N3OS. The predicted octanol–water partition coefficient (Wildman–Crippen LogP) is 2.47. The smallest absolute Gasteiger partial charge is 0.273 e. The molecule has 0 aromatic carbocycles. The molecule has 0 radical (unpaired) electrons. The molecule has 1 aliphatic heterocycles. The molecule has 3 heterocycles. The van der Waals surface area contributed by atoms with Gasteiger partial charge in [0.25, 0.3) is 5.91 Å². The second kappa shape index (κ2) is 4.24. The van der Waals surface area contributed by atoms with E-state index in [1.807, 2.05) is 10.3 Å². The fourth-order valence-corrected chi connectivity index (χ4v) is 3.09. The summed E-state index contributed by atoms with van der Waals surface area (Å²) in [6.45, 7) is 5.80. The van der Waals surface area contributed by atoms with Crippen LogP contribution >= 0.6 is 11.3 Å². The lowest BCUT2D eigenvalue weighted by atomic mass is 10.1. The monoisotopic (exact) mass is 261 g/mol. The average molecular weight is 261 g/mol. The third kappa shape index (κ3) is 1.66. The first-order valence-corrected chi connectivity index (χ1v) is 6.98. The number of nitrogens with zero attached hydrogens (tertiary/aromatic N) is 3. The minimum absolute atomic E-state index is 0.0360. The van der Waals surface area contributed by atoms with E-state index in [0.717, 1.165) is 13.1 Å². The minimum Gasteiger partial charge on any atom is -0.345 e. The molecule has 5 heteroatoms. The predicted molar refractivity (Wildman–Crippen MR) is 70.7 cm³/mol. The number of aryl methyl sites for hydroxylation is 1. The minimum atomic E-state index is 0.0360. The molecule has 1 atom stereocenters. The standard InChI is InChI=1S/C13H15N3OS/c1-9-3-4-12-10(2)16(6-5-15(9)12)13(17)11-7-18-8-14-11/h3-4,7-8,10H,5-6H2,1-2H3. The molecule has 18 heavy (non-hydrogen) atoms. The molecule has 4 nitrogen and oxygen atoms in total. The van der Waals surface area contributed by atoms with Crippen molar-refractivity contribution < 1.29 is 4.79 Å². The zero-order valence-electron chi connectivity index (χ0n) is 10.5. The van der Waals surface area contributed by atoms with Gasteiger partial charge in [0, 0.05) is 29.9 Å². The molecular weight excluding hydrogens is 246 g/mol. The fraction of sp³-hybridized carbons (Fsp3) is 0.385. The maximum Gasteiger partial charge on any atom is 0.273 e. The number of rotatable bonds is 1. The van der Waals surface area contributed by atoms with Gasteiger partial charge in [-0.1, -0.05) is 0 Å². The summed E-state index contributed by atoms with van der Waals surface area (Å²) in [7, 11) is 0. The van der Waals surface area contributed by atoms with Crippen LogP contribution in [0.5, 0.6) is 0 Å². The molecule has 0 fully saturated rings. The lowest BCUT2D eigenvalue weighted by molar-refractivity contribution is 0.0637. The van der Waals surface area contributed by atoms with Crippen LogP contribution in [0, 0.1) is 6.92 Å². The summed E-state index contributed by atoms with van der Waals surface area (Å²) in [5.74, 6) is 0.0360. The number of thiazole rings is 1. The summed E-state index contributed by atoms with van der Waals surface area (Å²) in [5.41, 5.74) is 4.73. The third-order valence-corrected chi connectivity index (χ3v) is 4.19. The van der Waals surface area contributed by atoms with Crippen LogP contribution in [0.15, 0.2) is 23.0 Å². The van der Waals surface area contributed by atoms with Gasteiger partial charge in [-0.2, -0.15) is 0 Å². The van der Waals surface area contributed by atoms with Crippen molar-refractivity contribution >= 4 is 17.2 Å². The molecule has 0 saturated heterocycles. The van der Waals surface area contributed by atoms with Gasteiger partial charge in [-0.15, -0.1) is 11.3 Å². The van der Waals surface area contributed by atoms with Gasteiger partial charge >= 0.3 is 0 Å². The summed E-state index contributed by atoms with van der Waals surface area (Å²) >= 11 is 1.46. The van der Waals surface area contributed by atoms with Crippen LogP contribution in [0.2, 0.25) is 0 Å². The van der Waals surface area contributed by atoms with Gasteiger partial charge in [0.05, 0.1) is 11.6 Å². The largest absolute Gasteiger partial charge is 0.345 e. The lowest BCUT2D eigenvalue weighted by Crippen LogP contribution is -2.41. The second-order valence-electron chi connectivity index (χ2n) is 4.60. The van der Waals surface area contributed by atoms with Gasteiger partial charge < -0.3 is 9.47 Å². The van der Waals surface area contributed by atoms with Crippen molar-refractivity contribution in [2.24, 2.45) is 0 Å². The van der Waals surface area contributed by atoms with Crippen LogP contribution < -0.4 is 0 Å². The van der Waals surface area contributed by atoms with Crippen molar-refractivity contribution in [1.29, 1.82) is 0 Å². The van der Waals surface area contributed by atoms with Gasteiger partial charge in [-0.25, -0.2) is 4.98 Å². The van der Waals surface area contributed by atoms with Crippen molar-refractivity contribution in [3.63, 3.8) is 0 Å². The van der Waals surface area contributed by atoms with Crippen LogP contribution in [0.4, 0.5) is 0 Å². The van der Waals surface area contributed by atoms with Gasteiger partial charge in [0.1, 0.15) is 5.69 Å². The van der Waals surface area contributed by atoms with E-state index in [4.69, 9.17) is 0 Å². The van der Waals surface area contributed by atoms with E-state index in [0.29, 0.717) is 5.69 Å². The number of amides is 1. The molecule has 0 spiro atoms.